The molecule has 0 saturated heterocycles. The molecule has 0 aromatic heterocycles. The summed E-state index contributed by atoms with van der Waals surface area (Å²) in [5.41, 5.74) is 0.822. The van der Waals surface area contributed by atoms with Crippen molar-refractivity contribution >= 4 is 15.9 Å². The summed E-state index contributed by atoms with van der Waals surface area (Å²) in [6.45, 7) is 3.54. The van der Waals surface area contributed by atoms with Crippen LogP contribution in [0.4, 0.5) is 8.78 Å². The molecule has 0 atom stereocenters. The van der Waals surface area contributed by atoms with Crippen LogP contribution in [0, 0.1) is 11.6 Å². The Bertz CT molecular complexity index is 619. The smallest absolute Gasteiger partial charge is 0.166 e. The largest absolute Gasteiger partial charge is 0.451 e. The number of hydrogen-bond acceptors (Lipinski definition) is 2. The number of nitrogens with one attached hydrogen (secondary N) is 1. The molecule has 0 saturated carbocycles. The zero-order valence-electron chi connectivity index (χ0n) is 11.6. The summed E-state index contributed by atoms with van der Waals surface area (Å²) in [7, 11) is 0. The maximum atomic E-state index is 14.0. The van der Waals surface area contributed by atoms with Gasteiger partial charge >= 0.3 is 0 Å². The Labute approximate surface area is 131 Å². The number of ether oxygens (including phenoxy) is 1. The third kappa shape index (κ3) is 4.51. The summed E-state index contributed by atoms with van der Waals surface area (Å²) in [5.74, 6) is -1.05. The Hall–Kier alpha value is -1.46. The van der Waals surface area contributed by atoms with Crippen LogP contribution in [-0.2, 0) is 6.54 Å². The van der Waals surface area contributed by atoms with Gasteiger partial charge < -0.3 is 10.1 Å². The minimum absolute atomic E-state index is 0.00578. The minimum Gasteiger partial charge on any atom is -0.451 e. The van der Waals surface area contributed by atoms with Crippen LogP contribution in [0.25, 0.3) is 0 Å². The highest BCUT2D eigenvalue weighted by atomic mass is 79.9. The van der Waals surface area contributed by atoms with Gasteiger partial charge in [0, 0.05) is 11.0 Å². The summed E-state index contributed by atoms with van der Waals surface area (Å²) in [6, 6.07) is 8.95. The maximum absolute atomic E-state index is 14.0. The molecule has 0 aliphatic rings. The van der Waals surface area contributed by atoms with Gasteiger partial charge in [0.25, 0.3) is 0 Å². The molecule has 2 rings (SSSR count). The van der Waals surface area contributed by atoms with E-state index >= 15 is 0 Å². The van der Waals surface area contributed by atoms with Crippen molar-refractivity contribution in [2.45, 2.75) is 19.9 Å². The summed E-state index contributed by atoms with van der Waals surface area (Å²) in [4.78, 5) is 0. The molecule has 112 valence electrons. The number of hydrogen-bond donors (Lipinski definition) is 1. The highest BCUT2D eigenvalue weighted by molar-refractivity contribution is 9.10. The van der Waals surface area contributed by atoms with E-state index < -0.39 is 11.6 Å². The molecule has 0 spiro atoms. The molecule has 0 unspecified atom stereocenters. The van der Waals surface area contributed by atoms with Crippen LogP contribution in [0.5, 0.6) is 11.5 Å². The molecule has 0 fully saturated rings. The van der Waals surface area contributed by atoms with Crippen molar-refractivity contribution in [3.8, 4) is 11.5 Å². The van der Waals surface area contributed by atoms with Crippen LogP contribution < -0.4 is 10.1 Å². The monoisotopic (exact) mass is 355 g/mol. The van der Waals surface area contributed by atoms with Crippen LogP contribution in [0.15, 0.2) is 40.9 Å². The zero-order valence-corrected chi connectivity index (χ0v) is 13.2. The first kappa shape index (κ1) is 15.9. The first-order chi connectivity index (χ1) is 10.1. The third-order valence-electron chi connectivity index (χ3n) is 2.87. The van der Waals surface area contributed by atoms with Crippen LogP contribution in [-0.4, -0.2) is 6.54 Å². The highest BCUT2D eigenvalue weighted by Crippen LogP contribution is 2.29. The Balaban J connectivity index is 2.12. The highest BCUT2D eigenvalue weighted by Gasteiger charge is 2.10. The lowest BCUT2D eigenvalue weighted by atomic mass is 10.2. The van der Waals surface area contributed by atoms with Crippen molar-refractivity contribution in [3.63, 3.8) is 0 Å². The molecule has 0 aliphatic carbocycles. The Morgan fingerprint density at radius 3 is 2.57 bits per heavy atom. The molecule has 2 nitrogen and oxygen atoms in total. The summed E-state index contributed by atoms with van der Waals surface area (Å²) >= 11 is 3.23. The van der Waals surface area contributed by atoms with Crippen LogP contribution in [0.2, 0.25) is 0 Å². The molecule has 0 heterocycles. The zero-order chi connectivity index (χ0) is 15.2. The Morgan fingerprint density at radius 2 is 1.86 bits per heavy atom. The van der Waals surface area contributed by atoms with E-state index in [2.05, 4.69) is 28.2 Å². The topological polar surface area (TPSA) is 21.3 Å². The molecule has 1 N–H and O–H groups in total. The van der Waals surface area contributed by atoms with Crippen molar-refractivity contribution in [2.75, 3.05) is 6.54 Å². The lowest BCUT2D eigenvalue weighted by Crippen LogP contribution is -2.13. The predicted molar refractivity (Wildman–Crippen MR) is 82.6 cm³/mol. The second-order valence-electron chi connectivity index (χ2n) is 4.62. The lowest BCUT2D eigenvalue weighted by molar-refractivity contribution is 0.414. The van der Waals surface area contributed by atoms with E-state index in [-0.39, 0.29) is 11.5 Å². The molecule has 5 heteroatoms. The van der Waals surface area contributed by atoms with Crippen LogP contribution in [0.1, 0.15) is 18.9 Å². The second-order valence-corrected chi connectivity index (χ2v) is 5.53. The van der Waals surface area contributed by atoms with Crippen molar-refractivity contribution in [3.05, 3.63) is 58.1 Å². The summed E-state index contributed by atoms with van der Waals surface area (Å²) < 4.78 is 33.6. The van der Waals surface area contributed by atoms with E-state index in [0.29, 0.717) is 11.0 Å². The second kappa shape index (κ2) is 7.52. The minimum atomic E-state index is -0.536. The van der Waals surface area contributed by atoms with Gasteiger partial charge in [-0.25, -0.2) is 8.78 Å². The number of rotatable bonds is 6. The van der Waals surface area contributed by atoms with Gasteiger partial charge in [0.2, 0.25) is 0 Å². The van der Waals surface area contributed by atoms with Crippen LogP contribution in [0.3, 0.4) is 0 Å². The van der Waals surface area contributed by atoms with Gasteiger partial charge in [0.05, 0.1) is 0 Å². The van der Waals surface area contributed by atoms with Crippen molar-refractivity contribution < 1.29 is 13.5 Å². The van der Waals surface area contributed by atoms with Crippen molar-refractivity contribution in [1.29, 1.82) is 0 Å². The molecular weight excluding hydrogens is 340 g/mol. The van der Waals surface area contributed by atoms with Crippen molar-refractivity contribution in [1.82, 2.24) is 5.32 Å². The van der Waals surface area contributed by atoms with Gasteiger partial charge in [0.1, 0.15) is 0 Å². The Morgan fingerprint density at radius 1 is 1.05 bits per heavy atom. The predicted octanol–water partition coefficient (Wildman–Crippen LogP) is 5.02. The molecule has 0 bridgehead atoms. The molecule has 2 aromatic carbocycles. The normalized spacial score (nSPS) is 10.7. The SMILES string of the molecule is CCCNCc1ccc(Oc2cc(Br)ccc2F)c(F)c1. The lowest BCUT2D eigenvalue weighted by Gasteiger charge is -2.10. The van der Waals surface area contributed by atoms with Gasteiger partial charge in [-0.1, -0.05) is 28.9 Å². The molecular formula is C16H16BrF2NO. The number of benzene rings is 2. The molecule has 0 aliphatic heterocycles. The van der Waals surface area contributed by atoms with Gasteiger partial charge in [-0.2, -0.15) is 0 Å². The van der Waals surface area contributed by atoms with E-state index in [1.54, 1.807) is 12.1 Å². The fraction of sp³-hybridized carbons (Fsp3) is 0.250. The molecule has 21 heavy (non-hydrogen) atoms. The van der Waals surface area contributed by atoms with Gasteiger partial charge in [-0.15, -0.1) is 0 Å². The average molecular weight is 356 g/mol. The molecule has 2 aromatic rings. The van der Waals surface area contributed by atoms with Gasteiger partial charge in [-0.05, 0) is 48.9 Å². The summed E-state index contributed by atoms with van der Waals surface area (Å²) in [6.07, 6.45) is 1.02. The van der Waals surface area contributed by atoms with E-state index in [9.17, 15) is 8.78 Å². The standard InChI is InChI=1S/C16H16BrF2NO/c1-2-7-20-10-11-3-6-15(14(19)8-11)21-16-9-12(17)4-5-13(16)18/h3-6,8-9,20H,2,7,10H2,1H3. The van der Waals surface area contributed by atoms with Gasteiger partial charge in [-0.3, -0.25) is 0 Å². The molecule has 0 amide bonds. The quantitative estimate of drug-likeness (QED) is 0.734. The first-order valence-corrected chi connectivity index (χ1v) is 7.51. The van der Waals surface area contributed by atoms with E-state index in [0.717, 1.165) is 18.5 Å². The first-order valence-electron chi connectivity index (χ1n) is 6.72. The van der Waals surface area contributed by atoms with E-state index in [1.807, 2.05) is 0 Å². The third-order valence-corrected chi connectivity index (χ3v) is 3.36. The number of halogens is 3. The average Bonchev–Trinajstić information content (AvgIpc) is 2.46. The summed E-state index contributed by atoms with van der Waals surface area (Å²) in [5, 5.41) is 3.19. The Kier molecular flexibility index (Phi) is 5.70. The van der Waals surface area contributed by atoms with E-state index in [4.69, 9.17) is 4.74 Å². The molecule has 0 radical (unpaired) electrons. The fourth-order valence-corrected chi connectivity index (χ4v) is 2.16. The fourth-order valence-electron chi connectivity index (χ4n) is 1.82. The maximum Gasteiger partial charge on any atom is 0.166 e. The van der Waals surface area contributed by atoms with E-state index in [1.165, 1.54) is 24.3 Å². The van der Waals surface area contributed by atoms with Gasteiger partial charge in [0.15, 0.2) is 23.1 Å². The van der Waals surface area contributed by atoms with Crippen molar-refractivity contribution in [2.24, 2.45) is 0 Å². The van der Waals surface area contributed by atoms with Crippen LogP contribution >= 0.6 is 15.9 Å².